The zero-order valence-corrected chi connectivity index (χ0v) is 15.9. The van der Waals surface area contributed by atoms with Gasteiger partial charge in [-0.2, -0.15) is 0 Å². The van der Waals surface area contributed by atoms with Gasteiger partial charge in [-0.05, 0) is 37.1 Å². The molecule has 3 aromatic carbocycles. The molecule has 1 unspecified atom stereocenters. The van der Waals surface area contributed by atoms with Crippen LogP contribution in [0.3, 0.4) is 0 Å². The predicted molar refractivity (Wildman–Crippen MR) is 109 cm³/mol. The lowest BCUT2D eigenvalue weighted by molar-refractivity contribution is 0.0587. The van der Waals surface area contributed by atoms with E-state index in [9.17, 15) is 14.7 Å². The number of carbonyl (C=O) groups excluding carboxylic acids is 1. The van der Waals surface area contributed by atoms with E-state index < -0.39 is 5.97 Å². The van der Waals surface area contributed by atoms with E-state index in [2.05, 4.69) is 0 Å². The molecule has 3 rings (SSSR count). The van der Waals surface area contributed by atoms with E-state index in [1.165, 1.54) is 6.07 Å². The van der Waals surface area contributed by atoms with Crippen LogP contribution in [0.1, 0.15) is 57.8 Å². The van der Waals surface area contributed by atoms with Gasteiger partial charge < -0.3 is 10.0 Å². The molecule has 0 heterocycles. The van der Waals surface area contributed by atoms with Gasteiger partial charge in [0.05, 0.1) is 23.2 Å². The molecule has 2 atom stereocenters. The summed E-state index contributed by atoms with van der Waals surface area (Å²) in [6.45, 7) is 3.94. The number of amides is 1. The number of aromatic carboxylic acids is 1. The molecule has 0 radical (unpaired) electrons. The monoisotopic (exact) mass is 373 g/mol. The average molecular weight is 373 g/mol. The highest BCUT2D eigenvalue weighted by atomic mass is 16.4. The normalized spacial score (nSPS) is 12.8. The molecule has 1 N–H and O–H groups in total. The minimum atomic E-state index is -1.11. The Kier molecular flexibility index (Phi) is 5.90. The molecule has 0 saturated heterocycles. The molecule has 0 aliphatic heterocycles. The van der Waals surface area contributed by atoms with E-state index in [0.717, 1.165) is 11.1 Å². The fourth-order valence-corrected chi connectivity index (χ4v) is 3.47. The van der Waals surface area contributed by atoms with Crippen molar-refractivity contribution in [2.24, 2.45) is 0 Å². The van der Waals surface area contributed by atoms with Gasteiger partial charge in [-0.15, -0.1) is 0 Å². The van der Waals surface area contributed by atoms with Crippen molar-refractivity contribution < 1.29 is 14.7 Å². The standard InChI is InChI=1S/C24H23NO3/c1-17(19-11-5-3-6-12-19)25(18(2)20-13-7-4-8-14-20)23(26)21-15-9-10-16-22(21)24(27)28/h3-18H,1-2H3,(H,27,28)/t17-,18?/m0/s1. The summed E-state index contributed by atoms with van der Waals surface area (Å²) < 4.78 is 0. The van der Waals surface area contributed by atoms with Gasteiger partial charge in [0, 0.05) is 0 Å². The third-order valence-electron chi connectivity index (χ3n) is 5.02. The zero-order valence-electron chi connectivity index (χ0n) is 15.9. The molecule has 4 nitrogen and oxygen atoms in total. The van der Waals surface area contributed by atoms with Crippen LogP contribution in [-0.4, -0.2) is 21.9 Å². The number of carbonyl (C=O) groups is 2. The second-order valence-corrected chi connectivity index (χ2v) is 6.74. The lowest BCUT2D eigenvalue weighted by Crippen LogP contribution is -2.36. The SMILES string of the molecule is CC(c1ccccc1)N(C(=O)c1ccccc1C(=O)O)[C@@H](C)c1ccccc1. The molecule has 28 heavy (non-hydrogen) atoms. The van der Waals surface area contributed by atoms with Crippen LogP contribution in [0.4, 0.5) is 0 Å². The largest absolute Gasteiger partial charge is 0.478 e. The Hall–Kier alpha value is -3.40. The zero-order chi connectivity index (χ0) is 20.1. The van der Waals surface area contributed by atoms with E-state index in [-0.39, 0.29) is 29.1 Å². The summed E-state index contributed by atoms with van der Waals surface area (Å²) in [5.74, 6) is -1.41. The number of nitrogens with zero attached hydrogens (tertiary/aromatic N) is 1. The van der Waals surface area contributed by atoms with Crippen LogP contribution in [0, 0.1) is 0 Å². The van der Waals surface area contributed by atoms with Gasteiger partial charge >= 0.3 is 5.97 Å². The van der Waals surface area contributed by atoms with Crippen molar-refractivity contribution in [1.29, 1.82) is 0 Å². The number of hydrogen-bond acceptors (Lipinski definition) is 2. The topological polar surface area (TPSA) is 57.6 Å². The van der Waals surface area contributed by atoms with E-state index in [1.54, 1.807) is 23.1 Å². The van der Waals surface area contributed by atoms with E-state index in [0.29, 0.717) is 0 Å². The fraction of sp³-hybridized carbons (Fsp3) is 0.167. The summed E-state index contributed by atoms with van der Waals surface area (Å²) in [7, 11) is 0. The van der Waals surface area contributed by atoms with Gasteiger partial charge in [-0.3, -0.25) is 4.79 Å². The molecule has 4 heteroatoms. The molecular weight excluding hydrogens is 350 g/mol. The number of carboxylic acid groups (broad SMARTS) is 1. The highest BCUT2D eigenvalue weighted by Crippen LogP contribution is 2.32. The van der Waals surface area contributed by atoms with Crippen molar-refractivity contribution in [3.8, 4) is 0 Å². The number of rotatable bonds is 6. The van der Waals surface area contributed by atoms with Crippen molar-refractivity contribution in [1.82, 2.24) is 4.90 Å². The molecule has 0 aromatic heterocycles. The van der Waals surface area contributed by atoms with Crippen molar-refractivity contribution in [3.05, 3.63) is 107 Å². The summed E-state index contributed by atoms with van der Waals surface area (Å²) in [5, 5.41) is 9.54. The first kappa shape index (κ1) is 19.4. The summed E-state index contributed by atoms with van der Waals surface area (Å²) in [5.41, 5.74) is 2.19. The number of hydrogen-bond donors (Lipinski definition) is 1. The van der Waals surface area contributed by atoms with Crippen molar-refractivity contribution >= 4 is 11.9 Å². The minimum absolute atomic E-state index is 0.0121. The van der Waals surface area contributed by atoms with Crippen LogP contribution in [-0.2, 0) is 0 Å². The molecule has 0 aliphatic rings. The third-order valence-corrected chi connectivity index (χ3v) is 5.02. The Bertz CT molecular complexity index is 908. The number of carboxylic acids is 1. The van der Waals surface area contributed by atoms with E-state index >= 15 is 0 Å². The predicted octanol–water partition coefficient (Wildman–Crippen LogP) is 5.35. The summed E-state index contributed by atoms with van der Waals surface area (Å²) >= 11 is 0. The second kappa shape index (κ2) is 8.53. The maximum absolute atomic E-state index is 13.6. The Labute approximate surface area is 165 Å². The van der Waals surface area contributed by atoms with E-state index in [1.807, 2.05) is 74.5 Å². The van der Waals surface area contributed by atoms with Crippen LogP contribution in [0.5, 0.6) is 0 Å². The fourth-order valence-electron chi connectivity index (χ4n) is 3.47. The van der Waals surface area contributed by atoms with Crippen LogP contribution < -0.4 is 0 Å². The van der Waals surface area contributed by atoms with Crippen molar-refractivity contribution in [2.45, 2.75) is 25.9 Å². The Morgan fingerprint density at radius 1 is 0.679 bits per heavy atom. The molecule has 0 bridgehead atoms. The van der Waals surface area contributed by atoms with E-state index in [4.69, 9.17) is 0 Å². The van der Waals surface area contributed by atoms with Gasteiger partial charge in [-0.25, -0.2) is 4.79 Å². The highest BCUT2D eigenvalue weighted by molar-refractivity contribution is 6.05. The minimum Gasteiger partial charge on any atom is -0.478 e. The molecule has 0 aliphatic carbocycles. The van der Waals surface area contributed by atoms with Gasteiger partial charge in [0.25, 0.3) is 5.91 Å². The lowest BCUT2D eigenvalue weighted by atomic mass is 9.98. The summed E-state index contributed by atoms with van der Waals surface area (Å²) in [4.78, 5) is 27.0. The van der Waals surface area contributed by atoms with Crippen LogP contribution >= 0.6 is 0 Å². The maximum atomic E-state index is 13.6. The maximum Gasteiger partial charge on any atom is 0.336 e. The average Bonchev–Trinajstić information content (AvgIpc) is 2.74. The molecule has 0 fully saturated rings. The second-order valence-electron chi connectivity index (χ2n) is 6.74. The summed E-state index contributed by atoms with van der Waals surface area (Å²) in [6, 6.07) is 25.4. The first-order valence-electron chi connectivity index (χ1n) is 9.25. The smallest absolute Gasteiger partial charge is 0.336 e. The lowest BCUT2D eigenvalue weighted by Gasteiger charge is -2.36. The molecular formula is C24H23NO3. The summed E-state index contributed by atoms with van der Waals surface area (Å²) in [6.07, 6.45) is 0. The van der Waals surface area contributed by atoms with Gasteiger partial charge in [0.1, 0.15) is 0 Å². The molecule has 1 amide bonds. The van der Waals surface area contributed by atoms with Crippen molar-refractivity contribution in [3.63, 3.8) is 0 Å². The van der Waals surface area contributed by atoms with Gasteiger partial charge in [0.2, 0.25) is 0 Å². The van der Waals surface area contributed by atoms with Crippen LogP contribution in [0.25, 0.3) is 0 Å². The molecule has 3 aromatic rings. The Balaban J connectivity index is 2.08. The quantitative estimate of drug-likeness (QED) is 0.634. The molecule has 142 valence electrons. The Morgan fingerprint density at radius 3 is 1.50 bits per heavy atom. The van der Waals surface area contributed by atoms with Gasteiger partial charge in [0.15, 0.2) is 0 Å². The first-order chi connectivity index (χ1) is 13.5. The molecule has 0 spiro atoms. The van der Waals surface area contributed by atoms with Crippen LogP contribution in [0.15, 0.2) is 84.9 Å². The molecule has 0 saturated carbocycles. The first-order valence-corrected chi connectivity index (χ1v) is 9.25. The van der Waals surface area contributed by atoms with Crippen LogP contribution in [0.2, 0.25) is 0 Å². The number of benzene rings is 3. The highest BCUT2D eigenvalue weighted by Gasteiger charge is 2.30. The van der Waals surface area contributed by atoms with Gasteiger partial charge in [-0.1, -0.05) is 72.8 Å². The third kappa shape index (κ3) is 3.96. The Morgan fingerprint density at radius 2 is 1.07 bits per heavy atom. The van der Waals surface area contributed by atoms with Crippen molar-refractivity contribution in [2.75, 3.05) is 0 Å².